The van der Waals surface area contributed by atoms with Crippen molar-refractivity contribution in [3.05, 3.63) is 16.1 Å². The molecule has 1 aromatic rings. The second-order valence-corrected chi connectivity index (χ2v) is 5.92. The maximum Gasteiger partial charge on any atom is 0.0897 e. The Labute approximate surface area is 103 Å². The van der Waals surface area contributed by atoms with Crippen LogP contribution in [0.15, 0.2) is 5.38 Å². The third-order valence-corrected chi connectivity index (χ3v) is 5.24. The minimum Gasteiger partial charge on any atom is -0.378 e. The van der Waals surface area contributed by atoms with Crippen molar-refractivity contribution < 1.29 is 4.74 Å². The molecule has 2 nitrogen and oxygen atoms in total. The van der Waals surface area contributed by atoms with Crippen LogP contribution in [-0.4, -0.2) is 23.0 Å². The van der Waals surface area contributed by atoms with Crippen molar-refractivity contribution in [2.75, 3.05) is 11.9 Å². The lowest BCUT2D eigenvalue weighted by Crippen LogP contribution is -2.33. The molecule has 1 saturated heterocycles. The van der Waals surface area contributed by atoms with Crippen LogP contribution in [0.1, 0.15) is 24.0 Å². The van der Waals surface area contributed by atoms with Crippen LogP contribution in [0.3, 0.4) is 0 Å². The lowest BCUT2D eigenvalue weighted by Gasteiger charge is -2.29. The van der Waals surface area contributed by atoms with Crippen molar-refractivity contribution >= 4 is 27.3 Å². The second kappa shape index (κ2) is 4.52. The molecule has 0 bridgehead atoms. The molecule has 0 aromatic carbocycles. The molecule has 0 N–H and O–H groups in total. The number of nitrogens with zero attached hydrogens (tertiary/aromatic N) is 1. The standard InChI is InChI=1S/C11H16BrNOS/c1-8-11(7-12,3-4-14-8)5-10-6-15-9(2)13-10/h6,8H,3-5,7H2,1-2H3. The molecule has 1 aromatic heterocycles. The van der Waals surface area contributed by atoms with Crippen LogP contribution >= 0.6 is 27.3 Å². The van der Waals surface area contributed by atoms with E-state index in [1.807, 2.05) is 0 Å². The van der Waals surface area contributed by atoms with E-state index in [0.29, 0.717) is 6.10 Å². The Hall–Kier alpha value is 0.0700. The molecule has 1 aliphatic heterocycles. The highest BCUT2D eigenvalue weighted by atomic mass is 79.9. The van der Waals surface area contributed by atoms with Crippen LogP contribution in [0.4, 0.5) is 0 Å². The normalized spacial score (nSPS) is 31.0. The van der Waals surface area contributed by atoms with Crippen LogP contribution in [0.5, 0.6) is 0 Å². The summed E-state index contributed by atoms with van der Waals surface area (Å²) in [4.78, 5) is 4.54. The van der Waals surface area contributed by atoms with E-state index in [1.54, 1.807) is 11.3 Å². The highest BCUT2D eigenvalue weighted by Crippen LogP contribution is 2.39. The summed E-state index contributed by atoms with van der Waals surface area (Å²) < 4.78 is 5.68. The van der Waals surface area contributed by atoms with Crippen LogP contribution in [-0.2, 0) is 11.2 Å². The predicted octanol–water partition coefficient (Wildman–Crippen LogP) is 3.18. The molecule has 1 aliphatic rings. The highest BCUT2D eigenvalue weighted by Gasteiger charge is 2.41. The first-order chi connectivity index (χ1) is 7.16. The van der Waals surface area contributed by atoms with Gasteiger partial charge in [-0.3, -0.25) is 0 Å². The number of rotatable bonds is 3. The van der Waals surface area contributed by atoms with Gasteiger partial charge in [0.1, 0.15) is 0 Å². The molecule has 2 heterocycles. The molecule has 2 rings (SSSR count). The van der Waals surface area contributed by atoms with E-state index in [0.717, 1.165) is 29.8 Å². The average molecular weight is 290 g/mol. The van der Waals surface area contributed by atoms with E-state index < -0.39 is 0 Å². The summed E-state index contributed by atoms with van der Waals surface area (Å²) in [5.41, 5.74) is 1.47. The summed E-state index contributed by atoms with van der Waals surface area (Å²) in [5, 5.41) is 4.32. The summed E-state index contributed by atoms with van der Waals surface area (Å²) in [6.45, 7) is 5.12. The van der Waals surface area contributed by atoms with Gasteiger partial charge in [-0.25, -0.2) is 4.98 Å². The smallest absolute Gasteiger partial charge is 0.0897 e. The number of aryl methyl sites for hydroxylation is 1. The molecule has 0 radical (unpaired) electrons. The lowest BCUT2D eigenvalue weighted by atomic mass is 9.80. The average Bonchev–Trinajstić information content (AvgIpc) is 2.76. The molecule has 0 spiro atoms. The SMILES string of the molecule is Cc1nc(CC2(CBr)CCOC2C)cs1. The third-order valence-electron chi connectivity index (χ3n) is 3.30. The number of hydrogen-bond acceptors (Lipinski definition) is 3. The maximum atomic E-state index is 5.68. The Balaban J connectivity index is 2.14. The maximum absolute atomic E-state index is 5.68. The first-order valence-electron chi connectivity index (χ1n) is 5.25. The highest BCUT2D eigenvalue weighted by molar-refractivity contribution is 9.09. The first-order valence-corrected chi connectivity index (χ1v) is 7.25. The Morgan fingerprint density at radius 2 is 2.53 bits per heavy atom. The van der Waals surface area contributed by atoms with Crippen LogP contribution in [0, 0.1) is 12.3 Å². The van der Waals surface area contributed by atoms with Gasteiger partial charge >= 0.3 is 0 Å². The van der Waals surface area contributed by atoms with Crippen molar-refractivity contribution in [2.45, 2.75) is 32.8 Å². The second-order valence-electron chi connectivity index (χ2n) is 4.29. The Morgan fingerprint density at radius 3 is 3.00 bits per heavy atom. The summed E-state index contributed by atoms with van der Waals surface area (Å²) in [5.74, 6) is 0. The Kier molecular flexibility index (Phi) is 3.48. The summed E-state index contributed by atoms with van der Waals surface area (Å²) in [6, 6.07) is 0. The Morgan fingerprint density at radius 1 is 1.73 bits per heavy atom. The zero-order valence-corrected chi connectivity index (χ0v) is 11.5. The molecule has 2 atom stereocenters. The van der Waals surface area contributed by atoms with Crippen molar-refractivity contribution in [3.8, 4) is 0 Å². The van der Waals surface area contributed by atoms with E-state index in [-0.39, 0.29) is 5.41 Å². The minimum atomic E-state index is 0.251. The first kappa shape index (κ1) is 11.6. The van der Waals surface area contributed by atoms with Crippen molar-refractivity contribution in [2.24, 2.45) is 5.41 Å². The predicted molar refractivity (Wildman–Crippen MR) is 66.8 cm³/mol. The summed E-state index contributed by atoms with van der Waals surface area (Å²) in [6.07, 6.45) is 2.50. The summed E-state index contributed by atoms with van der Waals surface area (Å²) in [7, 11) is 0. The van der Waals surface area contributed by atoms with Crippen molar-refractivity contribution in [1.82, 2.24) is 4.98 Å². The van der Waals surface area contributed by atoms with E-state index >= 15 is 0 Å². The quantitative estimate of drug-likeness (QED) is 0.798. The monoisotopic (exact) mass is 289 g/mol. The van der Waals surface area contributed by atoms with E-state index in [1.165, 1.54) is 5.69 Å². The molecule has 84 valence electrons. The molecule has 1 fully saturated rings. The zero-order valence-electron chi connectivity index (χ0n) is 9.12. The van der Waals surface area contributed by atoms with Crippen molar-refractivity contribution in [3.63, 3.8) is 0 Å². The third kappa shape index (κ3) is 2.27. The fourth-order valence-electron chi connectivity index (χ4n) is 2.12. The van der Waals surface area contributed by atoms with Crippen LogP contribution in [0.25, 0.3) is 0 Å². The van der Waals surface area contributed by atoms with Crippen LogP contribution in [0.2, 0.25) is 0 Å². The molecular formula is C11H16BrNOS. The van der Waals surface area contributed by atoms with E-state index in [4.69, 9.17) is 4.74 Å². The molecule has 0 aliphatic carbocycles. The van der Waals surface area contributed by atoms with Gasteiger partial charge < -0.3 is 4.74 Å². The van der Waals surface area contributed by atoms with Gasteiger partial charge in [0.15, 0.2) is 0 Å². The molecule has 4 heteroatoms. The van der Waals surface area contributed by atoms with E-state index in [2.05, 4.69) is 40.1 Å². The molecular weight excluding hydrogens is 274 g/mol. The van der Waals surface area contributed by atoms with Crippen LogP contribution < -0.4 is 0 Å². The number of thiazole rings is 1. The van der Waals surface area contributed by atoms with Gasteiger partial charge in [0.25, 0.3) is 0 Å². The molecule has 0 amide bonds. The van der Waals surface area contributed by atoms with Gasteiger partial charge in [0.05, 0.1) is 16.8 Å². The van der Waals surface area contributed by atoms with E-state index in [9.17, 15) is 0 Å². The fraction of sp³-hybridized carbons (Fsp3) is 0.727. The molecule has 2 unspecified atom stereocenters. The van der Waals surface area contributed by atoms with Crippen molar-refractivity contribution in [1.29, 1.82) is 0 Å². The van der Waals surface area contributed by atoms with Gasteiger partial charge in [-0.05, 0) is 26.7 Å². The number of ether oxygens (including phenoxy) is 1. The minimum absolute atomic E-state index is 0.251. The van der Waals surface area contributed by atoms with Gasteiger partial charge in [0.2, 0.25) is 0 Å². The van der Waals surface area contributed by atoms with Gasteiger partial charge in [-0.15, -0.1) is 11.3 Å². The number of aromatic nitrogens is 1. The van der Waals surface area contributed by atoms with Gasteiger partial charge in [-0.2, -0.15) is 0 Å². The zero-order chi connectivity index (χ0) is 10.9. The number of hydrogen-bond donors (Lipinski definition) is 0. The molecule has 15 heavy (non-hydrogen) atoms. The Bertz CT molecular complexity index is 341. The summed E-state index contributed by atoms with van der Waals surface area (Å²) >= 11 is 5.36. The van der Waals surface area contributed by atoms with Gasteiger partial charge in [0, 0.05) is 22.7 Å². The molecule has 0 saturated carbocycles. The number of halogens is 1. The largest absolute Gasteiger partial charge is 0.378 e. The number of alkyl halides is 1. The van der Waals surface area contributed by atoms with Gasteiger partial charge in [-0.1, -0.05) is 15.9 Å². The lowest BCUT2D eigenvalue weighted by molar-refractivity contribution is 0.0743. The fourth-order valence-corrected chi connectivity index (χ4v) is 3.67. The topological polar surface area (TPSA) is 22.1 Å².